The second-order valence-corrected chi connectivity index (χ2v) is 6.27. The Morgan fingerprint density at radius 1 is 0.960 bits per heavy atom. The molecule has 2 fully saturated rings. The number of nitrogens with one attached hydrogen (secondary N) is 1. The molecule has 10 atom stereocenters. The second-order valence-electron chi connectivity index (χ2n) is 6.27. The van der Waals surface area contributed by atoms with E-state index in [0.717, 1.165) is 0 Å². The Balaban J connectivity index is 2.01. The third-order valence-corrected chi connectivity index (χ3v) is 4.31. The van der Waals surface area contributed by atoms with Gasteiger partial charge in [-0.3, -0.25) is 4.79 Å². The Morgan fingerprint density at radius 2 is 1.60 bits per heavy atom. The lowest BCUT2D eigenvalue weighted by Gasteiger charge is -2.44. The maximum Gasteiger partial charge on any atom is 0.216 e. The van der Waals surface area contributed by atoms with Crippen LogP contribution in [0.25, 0.3) is 0 Å². The van der Waals surface area contributed by atoms with Gasteiger partial charge >= 0.3 is 0 Å². The fraction of sp³-hybridized carbons (Fsp3) is 0.929. The van der Waals surface area contributed by atoms with Gasteiger partial charge in [0, 0.05) is 13.5 Å². The summed E-state index contributed by atoms with van der Waals surface area (Å²) < 4.78 is 15.7. The maximum absolute atomic E-state index is 10.9. The molecule has 0 aliphatic carbocycles. The van der Waals surface area contributed by atoms with Gasteiger partial charge in [0.05, 0.1) is 6.10 Å². The molecule has 0 unspecified atom stereocenters. The highest BCUT2D eigenvalue weighted by Crippen LogP contribution is 2.28. The summed E-state index contributed by atoms with van der Waals surface area (Å²) in [7, 11) is 0. The number of aliphatic hydroxyl groups excluding tert-OH is 6. The van der Waals surface area contributed by atoms with Crippen molar-refractivity contribution in [2.75, 3.05) is 6.54 Å². The van der Waals surface area contributed by atoms with Gasteiger partial charge in [0.2, 0.25) is 5.91 Å². The van der Waals surface area contributed by atoms with Crippen LogP contribution in [0.1, 0.15) is 13.8 Å². The molecule has 2 heterocycles. The molecule has 146 valence electrons. The van der Waals surface area contributed by atoms with E-state index in [-0.39, 0.29) is 12.5 Å². The number of hydrogen-bond donors (Lipinski definition) is 7. The van der Waals surface area contributed by atoms with Crippen molar-refractivity contribution in [3.63, 3.8) is 0 Å². The SMILES string of the molecule is CC(=O)NC[C@H]1O[C@@H](O)[C@H](O[C@@H]2O[C@@H](C)[C@@H](O)[C@@H](O)[C@@H]2O)[C@@H](O)[C@H]1O. The number of aliphatic hydroxyl groups is 6. The van der Waals surface area contributed by atoms with E-state index in [1.807, 2.05) is 0 Å². The molecule has 25 heavy (non-hydrogen) atoms. The van der Waals surface area contributed by atoms with Crippen LogP contribution >= 0.6 is 0 Å². The van der Waals surface area contributed by atoms with Crippen LogP contribution in [-0.4, -0.2) is 105 Å². The van der Waals surface area contributed by atoms with Crippen molar-refractivity contribution >= 4 is 5.91 Å². The van der Waals surface area contributed by atoms with E-state index in [0.29, 0.717) is 0 Å². The zero-order valence-corrected chi connectivity index (χ0v) is 13.8. The fourth-order valence-electron chi connectivity index (χ4n) is 2.76. The van der Waals surface area contributed by atoms with Crippen molar-refractivity contribution in [3.8, 4) is 0 Å². The third kappa shape index (κ3) is 4.45. The molecule has 11 nitrogen and oxygen atoms in total. The van der Waals surface area contributed by atoms with Gasteiger partial charge in [-0.15, -0.1) is 0 Å². The van der Waals surface area contributed by atoms with Crippen LogP contribution in [0, 0.1) is 0 Å². The van der Waals surface area contributed by atoms with Crippen LogP contribution in [0.15, 0.2) is 0 Å². The molecule has 2 aliphatic heterocycles. The Bertz CT molecular complexity index is 465. The Kier molecular flexibility index (Phi) is 6.70. The zero-order valence-electron chi connectivity index (χ0n) is 13.8. The van der Waals surface area contributed by atoms with E-state index < -0.39 is 61.4 Å². The summed E-state index contributed by atoms with van der Waals surface area (Å²) in [4.78, 5) is 10.9. The van der Waals surface area contributed by atoms with Crippen LogP contribution in [0.4, 0.5) is 0 Å². The van der Waals surface area contributed by atoms with Gasteiger partial charge < -0.3 is 50.2 Å². The maximum atomic E-state index is 10.9. The number of amides is 1. The molecule has 11 heteroatoms. The minimum atomic E-state index is -1.69. The number of carbonyl (C=O) groups excluding carboxylic acids is 1. The Morgan fingerprint density at radius 3 is 2.20 bits per heavy atom. The van der Waals surface area contributed by atoms with E-state index >= 15 is 0 Å². The summed E-state index contributed by atoms with van der Waals surface area (Å²) in [5.74, 6) is -0.376. The largest absolute Gasteiger partial charge is 0.388 e. The smallest absolute Gasteiger partial charge is 0.216 e. The minimum Gasteiger partial charge on any atom is -0.388 e. The summed E-state index contributed by atoms with van der Waals surface area (Å²) in [5, 5.41) is 62.0. The number of ether oxygens (including phenoxy) is 3. The topological polar surface area (TPSA) is 178 Å². The summed E-state index contributed by atoms with van der Waals surface area (Å²) in [6.45, 7) is 2.57. The van der Waals surface area contributed by atoms with E-state index in [2.05, 4.69) is 5.32 Å². The van der Waals surface area contributed by atoms with Crippen LogP contribution in [0.5, 0.6) is 0 Å². The highest BCUT2D eigenvalue weighted by molar-refractivity contribution is 5.72. The zero-order chi connectivity index (χ0) is 18.9. The molecule has 7 N–H and O–H groups in total. The van der Waals surface area contributed by atoms with Crippen molar-refractivity contribution in [2.45, 2.75) is 75.3 Å². The monoisotopic (exact) mass is 367 g/mol. The standard InChI is InChI=1S/C14H25NO10/c1-4-7(17)9(19)11(21)14(23-4)25-12-10(20)8(18)6(24-13(12)22)3-15-5(2)16/h4,6-14,17-22H,3H2,1-2H3,(H,15,16)/t4-,6+,7+,8-,9+,10-,11-,12+,13+,14-/m0/s1. The first kappa shape index (κ1) is 20.4. The fourth-order valence-corrected chi connectivity index (χ4v) is 2.76. The lowest BCUT2D eigenvalue weighted by Crippen LogP contribution is -2.64. The summed E-state index contributed by atoms with van der Waals surface area (Å²) in [6.07, 6.45) is -14.2. The summed E-state index contributed by atoms with van der Waals surface area (Å²) >= 11 is 0. The first-order chi connectivity index (χ1) is 11.6. The normalized spacial score (nSPS) is 48.2. The van der Waals surface area contributed by atoms with Gasteiger partial charge in [-0.25, -0.2) is 0 Å². The molecule has 0 aromatic rings. The Labute approximate surface area is 143 Å². The van der Waals surface area contributed by atoms with Gasteiger partial charge in [-0.05, 0) is 6.92 Å². The lowest BCUT2D eigenvalue weighted by molar-refractivity contribution is -0.356. The molecule has 0 aromatic heterocycles. The van der Waals surface area contributed by atoms with Gasteiger partial charge in [0.1, 0.15) is 42.7 Å². The number of rotatable bonds is 4. The van der Waals surface area contributed by atoms with Crippen LogP contribution < -0.4 is 5.32 Å². The highest BCUT2D eigenvalue weighted by Gasteiger charge is 2.49. The van der Waals surface area contributed by atoms with Gasteiger partial charge in [-0.2, -0.15) is 0 Å². The van der Waals surface area contributed by atoms with Crippen LogP contribution in [-0.2, 0) is 19.0 Å². The van der Waals surface area contributed by atoms with Crippen molar-refractivity contribution < 1.29 is 49.6 Å². The molecule has 0 spiro atoms. The van der Waals surface area contributed by atoms with Gasteiger partial charge in [-0.1, -0.05) is 0 Å². The summed E-state index contributed by atoms with van der Waals surface area (Å²) in [6, 6.07) is 0. The minimum absolute atomic E-state index is 0.137. The molecule has 2 saturated heterocycles. The van der Waals surface area contributed by atoms with Crippen molar-refractivity contribution in [1.82, 2.24) is 5.32 Å². The molecular formula is C14H25NO10. The van der Waals surface area contributed by atoms with Crippen molar-refractivity contribution in [3.05, 3.63) is 0 Å². The number of hydrogen-bond acceptors (Lipinski definition) is 10. The van der Waals surface area contributed by atoms with E-state index in [4.69, 9.17) is 14.2 Å². The van der Waals surface area contributed by atoms with E-state index in [1.165, 1.54) is 13.8 Å². The third-order valence-electron chi connectivity index (χ3n) is 4.31. The predicted octanol–water partition coefficient (Wildman–Crippen LogP) is -4.23. The van der Waals surface area contributed by atoms with Crippen LogP contribution in [0.2, 0.25) is 0 Å². The first-order valence-electron chi connectivity index (χ1n) is 7.92. The lowest BCUT2D eigenvalue weighted by atomic mass is 9.97. The molecule has 1 amide bonds. The van der Waals surface area contributed by atoms with Crippen molar-refractivity contribution in [1.29, 1.82) is 0 Å². The van der Waals surface area contributed by atoms with E-state index in [9.17, 15) is 35.4 Å². The molecule has 0 aromatic carbocycles. The predicted molar refractivity (Wildman–Crippen MR) is 78.8 cm³/mol. The quantitative estimate of drug-likeness (QED) is 0.257. The molecule has 0 radical (unpaired) electrons. The molecule has 2 rings (SSSR count). The van der Waals surface area contributed by atoms with E-state index in [1.54, 1.807) is 0 Å². The molecule has 0 saturated carbocycles. The average Bonchev–Trinajstić information content (AvgIpc) is 2.55. The van der Waals surface area contributed by atoms with Crippen molar-refractivity contribution in [2.24, 2.45) is 0 Å². The van der Waals surface area contributed by atoms with Gasteiger partial charge in [0.15, 0.2) is 12.6 Å². The molecule has 0 bridgehead atoms. The summed E-state index contributed by atoms with van der Waals surface area (Å²) in [5.41, 5.74) is 0. The number of carbonyl (C=O) groups is 1. The highest BCUT2D eigenvalue weighted by atomic mass is 16.7. The van der Waals surface area contributed by atoms with Crippen LogP contribution in [0.3, 0.4) is 0 Å². The molecular weight excluding hydrogens is 342 g/mol. The average molecular weight is 367 g/mol. The Hall–Kier alpha value is -0.890. The van der Waals surface area contributed by atoms with Gasteiger partial charge in [0.25, 0.3) is 0 Å². The molecule has 2 aliphatic rings. The first-order valence-corrected chi connectivity index (χ1v) is 7.92. The second kappa shape index (κ2) is 8.20.